The number of nitrogens with one attached hydrogen (secondary N) is 2. The van der Waals surface area contributed by atoms with Crippen LogP contribution in [0.15, 0.2) is 24.3 Å². The summed E-state index contributed by atoms with van der Waals surface area (Å²) >= 11 is 0. The summed E-state index contributed by atoms with van der Waals surface area (Å²) in [5.41, 5.74) is 1.81. The predicted octanol–water partition coefficient (Wildman–Crippen LogP) is 2.40. The SMILES string of the molecule is CC(NC(=O)Nc1ccc(C(C)C)cc1)C(=O)O. The van der Waals surface area contributed by atoms with Gasteiger partial charge >= 0.3 is 12.0 Å². The van der Waals surface area contributed by atoms with Crippen LogP contribution in [0.3, 0.4) is 0 Å². The Kier molecular flexibility index (Phi) is 4.71. The normalized spacial score (nSPS) is 12.0. The van der Waals surface area contributed by atoms with E-state index in [0.29, 0.717) is 11.6 Å². The van der Waals surface area contributed by atoms with Crippen molar-refractivity contribution in [2.45, 2.75) is 32.7 Å². The van der Waals surface area contributed by atoms with Gasteiger partial charge < -0.3 is 15.7 Å². The van der Waals surface area contributed by atoms with Gasteiger partial charge in [0.05, 0.1) is 0 Å². The lowest BCUT2D eigenvalue weighted by atomic mass is 10.0. The monoisotopic (exact) mass is 250 g/mol. The molecule has 2 amide bonds. The Morgan fingerprint density at radius 2 is 1.67 bits per heavy atom. The van der Waals surface area contributed by atoms with Crippen molar-refractivity contribution < 1.29 is 14.7 Å². The molecule has 0 aliphatic carbocycles. The van der Waals surface area contributed by atoms with Gasteiger partial charge in [0, 0.05) is 5.69 Å². The molecule has 1 aromatic carbocycles. The molecular formula is C13H18N2O3. The summed E-state index contributed by atoms with van der Waals surface area (Å²) in [7, 11) is 0. The predicted molar refractivity (Wildman–Crippen MR) is 69.8 cm³/mol. The van der Waals surface area contributed by atoms with E-state index in [-0.39, 0.29) is 0 Å². The van der Waals surface area contributed by atoms with Crippen molar-refractivity contribution in [1.29, 1.82) is 0 Å². The highest BCUT2D eigenvalue weighted by Crippen LogP contribution is 2.16. The van der Waals surface area contributed by atoms with E-state index in [4.69, 9.17) is 5.11 Å². The van der Waals surface area contributed by atoms with Crippen molar-refractivity contribution in [3.05, 3.63) is 29.8 Å². The first-order valence-corrected chi connectivity index (χ1v) is 5.80. The van der Waals surface area contributed by atoms with Crippen molar-refractivity contribution in [3.8, 4) is 0 Å². The van der Waals surface area contributed by atoms with Crippen molar-refractivity contribution in [2.75, 3.05) is 5.32 Å². The minimum absolute atomic E-state index is 0.430. The third-order valence-electron chi connectivity index (χ3n) is 2.55. The van der Waals surface area contributed by atoms with Crippen LogP contribution in [-0.2, 0) is 4.79 Å². The number of carbonyl (C=O) groups is 2. The molecule has 5 heteroatoms. The second-order valence-electron chi connectivity index (χ2n) is 4.44. The molecule has 0 fully saturated rings. The lowest BCUT2D eigenvalue weighted by Crippen LogP contribution is -2.40. The summed E-state index contributed by atoms with van der Waals surface area (Å²) < 4.78 is 0. The van der Waals surface area contributed by atoms with E-state index >= 15 is 0 Å². The van der Waals surface area contributed by atoms with Gasteiger partial charge in [-0.1, -0.05) is 26.0 Å². The number of carboxylic acids is 1. The van der Waals surface area contributed by atoms with Gasteiger partial charge in [-0.25, -0.2) is 4.79 Å². The van der Waals surface area contributed by atoms with Gasteiger partial charge in [0.15, 0.2) is 0 Å². The summed E-state index contributed by atoms with van der Waals surface area (Å²) in [5, 5.41) is 13.5. The number of hydrogen-bond donors (Lipinski definition) is 3. The summed E-state index contributed by atoms with van der Waals surface area (Å²) in [5.74, 6) is -0.639. The Bertz CT molecular complexity index is 426. The van der Waals surface area contributed by atoms with Crippen LogP contribution < -0.4 is 10.6 Å². The van der Waals surface area contributed by atoms with Gasteiger partial charge in [0.25, 0.3) is 0 Å². The molecule has 0 aliphatic rings. The van der Waals surface area contributed by atoms with Crippen LogP contribution in [0.25, 0.3) is 0 Å². The Labute approximate surface area is 106 Å². The molecule has 1 unspecified atom stereocenters. The molecule has 0 saturated carbocycles. The standard InChI is InChI=1S/C13H18N2O3/c1-8(2)10-4-6-11(7-5-10)15-13(18)14-9(3)12(16)17/h4-9H,1-3H3,(H,16,17)(H2,14,15,18). The molecule has 0 aromatic heterocycles. The van der Waals surface area contributed by atoms with Crippen LogP contribution in [-0.4, -0.2) is 23.1 Å². The summed E-state index contributed by atoms with van der Waals surface area (Å²) in [6.07, 6.45) is 0. The van der Waals surface area contributed by atoms with Crippen molar-refractivity contribution in [1.82, 2.24) is 5.32 Å². The van der Waals surface area contributed by atoms with Gasteiger partial charge in [0.2, 0.25) is 0 Å². The number of anilines is 1. The van der Waals surface area contributed by atoms with Crippen LogP contribution in [0.2, 0.25) is 0 Å². The quantitative estimate of drug-likeness (QED) is 0.767. The highest BCUT2D eigenvalue weighted by Gasteiger charge is 2.13. The molecule has 98 valence electrons. The van der Waals surface area contributed by atoms with E-state index in [1.165, 1.54) is 12.5 Å². The van der Waals surface area contributed by atoms with Crippen molar-refractivity contribution in [3.63, 3.8) is 0 Å². The number of carbonyl (C=O) groups excluding carboxylic acids is 1. The van der Waals surface area contributed by atoms with Gasteiger partial charge in [0.1, 0.15) is 6.04 Å². The third kappa shape index (κ3) is 4.08. The Morgan fingerprint density at radius 3 is 2.11 bits per heavy atom. The molecule has 1 rings (SSSR count). The third-order valence-corrected chi connectivity index (χ3v) is 2.55. The molecule has 3 N–H and O–H groups in total. The van der Waals surface area contributed by atoms with Crippen molar-refractivity contribution >= 4 is 17.7 Å². The second-order valence-corrected chi connectivity index (χ2v) is 4.44. The minimum atomic E-state index is -1.07. The van der Waals surface area contributed by atoms with E-state index in [1.807, 2.05) is 12.1 Å². The van der Waals surface area contributed by atoms with Crippen LogP contribution in [0.5, 0.6) is 0 Å². The van der Waals surface area contributed by atoms with E-state index in [9.17, 15) is 9.59 Å². The van der Waals surface area contributed by atoms with Crippen LogP contribution in [0.1, 0.15) is 32.3 Å². The van der Waals surface area contributed by atoms with Crippen LogP contribution in [0, 0.1) is 0 Å². The molecule has 1 atom stereocenters. The van der Waals surface area contributed by atoms with E-state index in [1.54, 1.807) is 12.1 Å². The van der Waals surface area contributed by atoms with Gasteiger partial charge in [-0.15, -0.1) is 0 Å². The lowest BCUT2D eigenvalue weighted by Gasteiger charge is -2.11. The molecule has 0 spiro atoms. The largest absolute Gasteiger partial charge is 0.480 e. The van der Waals surface area contributed by atoms with E-state index in [0.717, 1.165) is 0 Å². The fourth-order valence-corrected chi connectivity index (χ4v) is 1.38. The highest BCUT2D eigenvalue weighted by atomic mass is 16.4. The summed E-state index contributed by atoms with van der Waals surface area (Å²) in [6, 6.07) is 6.00. The van der Waals surface area contributed by atoms with Crippen LogP contribution in [0.4, 0.5) is 10.5 Å². The first-order chi connectivity index (χ1) is 8.40. The summed E-state index contributed by atoms with van der Waals surface area (Å²) in [6.45, 7) is 5.58. The number of carboxylic acid groups (broad SMARTS) is 1. The zero-order valence-corrected chi connectivity index (χ0v) is 10.7. The number of benzene rings is 1. The first-order valence-electron chi connectivity index (χ1n) is 5.80. The molecule has 0 aliphatic heterocycles. The maximum Gasteiger partial charge on any atom is 0.325 e. The zero-order chi connectivity index (χ0) is 13.7. The number of amides is 2. The molecule has 0 saturated heterocycles. The fourth-order valence-electron chi connectivity index (χ4n) is 1.38. The number of aliphatic carboxylic acids is 1. The van der Waals surface area contributed by atoms with Gasteiger partial charge in [-0.2, -0.15) is 0 Å². The van der Waals surface area contributed by atoms with Gasteiger partial charge in [-0.05, 0) is 30.5 Å². The highest BCUT2D eigenvalue weighted by molar-refractivity contribution is 5.92. The fraction of sp³-hybridized carbons (Fsp3) is 0.385. The van der Waals surface area contributed by atoms with Crippen molar-refractivity contribution in [2.24, 2.45) is 0 Å². The molecular weight excluding hydrogens is 232 g/mol. The van der Waals surface area contributed by atoms with Gasteiger partial charge in [-0.3, -0.25) is 4.79 Å². The topological polar surface area (TPSA) is 78.4 Å². The summed E-state index contributed by atoms with van der Waals surface area (Å²) in [4.78, 5) is 22.0. The molecule has 0 radical (unpaired) electrons. The van der Waals surface area contributed by atoms with E-state index in [2.05, 4.69) is 24.5 Å². The smallest absolute Gasteiger partial charge is 0.325 e. The molecule has 1 aromatic rings. The average Bonchev–Trinajstić information content (AvgIpc) is 2.29. The zero-order valence-electron chi connectivity index (χ0n) is 10.7. The molecule has 0 bridgehead atoms. The molecule has 18 heavy (non-hydrogen) atoms. The Balaban J connectivity index is 2.57. The van der Waals surface area contributed by atoms with Crippen LogP contribution >= 0.6 is 0 Å². The number of urea groups is 1. The Hall–Kier alpha value is -2.04. The number of hydrogen-bond acceptors (Lipinski definition) is 2. The maximum atomic E-state index is 11.5. The van der Waals surface area contributed by atoms with E-state index < -0.39 is 18.0 Å². The minimum Gasteiger partial charge on any atom is -0.480 e. The Morgan fingerprint density at radius 1 is 1.11 bits per heavy atom. The average molecular weight is 250 g/mol. The molecule has 5 nitrogen and oxygen atoms in total. The number of rotatable bonds is 4. The second kappa shape index (κ2) is 6.05. The molecule has 0 heterocycles. The lowest BCUT2D eigenvalue weighted by molar-refractivity contribution is -0.138. The first kappa shape index (κ1) is 14.0. The maximum absolute atomic E-state index is 11.5.